The van der Waals surface area contributed by atoms with E-state index in [1.54, 1.807) is 6.08 Å². The number of esters is 1. The summed E-state index contributed by atoms with van der Waals surface area (Å²) in [6, 6.07) is 17.1. The Morgan fingerprint density at radius 1 is 0.917 bits per heavy atom. The Labute approximate surface area is 211 Å². The summed E-state index contributed by atoms with van der Waals surface area (Å²) < 4.78 is 7.51. The minimum Gasteiger partial charge on any atom is -0.462 e. The van der Waals surface area contributed by atoms with Crippen molar-refractivity contribution in [1.82, 2.24) is 14.5 Å². The van der Waals surface area contributed by atoms with Crippen LogP contribution in [0.15, 0.2) is 60.7 Å². The number of carbonyl (C=O) groups excluding carboxylic acids is 2. The number of fused-ring (bicyclic) bond motifs is 2. The van der Waals surface area contributed by atoms with Crippen LogP contribution in [0.5, 0.6) is 0 Å². The number of aromatic nitrogens is 3. The van der Waals surface area contributed by atoms with Crippen molar-refractivity contribution in [1.29, 1.82) is 0 Å². The highest BCUT2D eigenvalue weighted by atomic mass is 16.5. The lowest BCUT2D eigenvalue weighted by molar-refractivity contribution is -0.111. The molecule has 0 aliphatic heterocycles. The highest BCUT2D eigenvalue weighted by Crippen LogP contribution is 2.31. The number of nitrogens with one attached hydrogen (secondary N) is 1. The van der Waals surface area contributed by atoms with Gasteiger partial charge in [0.05, 0.1) is 17.6 Å². The van der Waals surface area contributed by atoms with E-state index in [1.165, 1.54) is 6.08 Å². The van der Waals surface area contributed by atoms with Crippen LogP contribution in [0.3, 0.4) is 0 Å². The maximum absolute atomic E-state index is 13.4. The molecule has 4 rings (SSSR count). The molecule has 1 amide bonds. The van der Waals surface area contributed by atoms with Crippen LogP contribution in [-0.4, -0.2) is 33.0 Å². The second kappa shape index (κ2) is 12.1. The number of anilines is 1. The summed E-state index contributed by atoms with van der Waals surface area (Å²) >= 11 is 0. The van der Waals surface area contributed by atoms with Gasteiger partial charge in [0.15, 0.2) is 5.65 Å². The minimum atomic E-state index is -0.502. The van der Waals surface area contributed by atoms with Gasteiger partial charge < -0.3 is 14.6 Å². The first-order chi connectivity index (χ1) is 17.6. The monoisotopic (exact) mass is 484 g/mol. The predicted octanol–water partition coefficient (Wildman–Crippen LogP) is 6.38. The van der Waals surface area contributed by atoms with Crippen molar-refractivity contribution in [2.45, 2.75) is 52.5 Å². The van der Waals surface area contributed by atoms with E-state index >= 15 is 0 Å². The molecule has 7 heteroatoms. The Balaban J connectivity index is 1.79. The van der Waals surface area contributed by atoms with Gasteiger partial charge in [0.1, 0.15) is 16.9 Å². The van der Waals surface area contributed by atoms with Crippen molar-refractivity contribution in [2.75, 3.05) is 11.9 Å². The van der Waals surface area contributed by atoms with Crippen LogP contribution in [-0.2, 0) is 16.1 Å². The number of aryl methyl sites for hydroxylation is 1. The number of hydrogen-bond donors (Lipinski definition) is 1. The molecule has 0 saturated heterocycles. The second-order valence-corrected chi connectivity index (χ2v) is 8.69. The fraction of sp³-hybridized carbons (Fsp3) is 0.310. The fourth-order valence-electron chi connectivity index (χ4n) is 4.04. The molecule has 2 heterocycles. The van der Waals surface area contributed by atoms with Crippen LogP contribution in [0.2, 0.25) is 0 Å². The van der Waals surface area contributed by atoms with Gasteiger partial charge in [-0.05, 0) is 36.6 Å². The molecule has 36 heavy (non-hydrogen) atoms. The van der Waals surface area contributed by atoms with Gasteiger partial charge in [0.25, 0.3) is 0 Å². The Morgan fingerprint density at radius 2 is 1.61 bits per heavy atom. The first kappa shape index (κ1) is 25.1. The van der Waals surface area contributed by atoms with Gasteiger partial charge in [-0.25, -0.2) is 14.8 Å². The zero-order valence-corrected chi connectivity index (χ0v) is 20.9. The number of ether oxygens (including phenoxy) is 1. The highest BCUT2D eigenvalue weighted by molar-refractivity contribution is 6.13. The van der Waals surface area contributed by atoms with Crippen molar-refractivity contribution >= 4 is 46.0 Å². The average molecular weight is 485 g/mol. The molecule has 0 unspecified atom stereocenters. The highest BCUT2D eigenvalue weighted by Gasteiger charge is 2.27. The third-order valence-corrected chi connectivity index (χ3v) is 5.94. The third kappa shape index (κ3) is 5.79. The number of amides is 1. The van der Waals surface area contributed by atoms with Gasteiger partial charge >= 0.3 is 5.97 Å². The van der Waals surface area contributed by atoms with Gasteiger partial charge in [-0.15, -0.1) is 0 Å². The lowest BCUT2D eigenvalue weighted by atomic mass is 10.2. The fourth-order valence-corrected chi connectivity index (χ4v) is 4.04. The molecule has 2 aromatic carbocycles. The van der Waals surface area contributed by atoms with Gasteiger partial charge in [0, 0.05) is 12.6 Å². The molecule has 7 nitrogen and oxygen atoms in total. The largest absolute Gasteiger partial charge is 0.462 e. The average Bonchev–Trinajstić information content (AvgIpc) is 3.19. The van der Waals surface area contributed by atoms with E-state index in [0.29, 0.717) is 35.7 Å². The Hall–Kier alpha value is -4.00. The Kier molecular flexibility index (Phi) is 8.44. The number of carbonyl (C=O) groups is 2. The lowest BCUT2D eigenvalue weighted by Gasteiger charge is -2.11. The molecule has 0 aliphatic rings. The number of benzene rings is 2. The van der Waals surface area contributed by atoms with Crippen LogP contribution in [0.4, 0.5) is 5.82 Å². The van der Waals surface area contributed by atoms with Gasteiger partial charge in [-0.2, -0.15) is 0 Å². The first-order valence-corrected chi connectivity index (χ1v) is 12.6. The molecular formula is C29H32N4O3. The molecule has 1 N–H and O–H groups in total. The summed E-state index contributed by atoms with van der Waals surface area (Å²) in [6.07, 6.45) is 7.79. The maximum atomic E-state index is 13.4. The van der Waals surface area contributed by atoms with Crippen molar-refractivity contribution in [3.05, 3.63) is 71.8 Å². The first-order valence-electron chi connectivity index (χ1n) is 12.6. The number of hydrogen-bond acceptors (Lipinski definition) is 5. The second-order valence-electron chi connectivity index (χ2n) is 8.69. The quantitative estimate of drug-likeness (QED) is 0.152. The molecular weight excluding hydrogens is 452 g/mol. The molecule has 0 fully saturated rings. The minimum absolute atomic E-state index is 0.248. The predicted molar refractivity (Wildman–Crippen MR) is 144 cm³/mol. The van der Waals surface area contributed by atoms with Crippen LogP contribution < -0.4 is 5.32 Å². The normalized spacial score (nSPS) is 11.4. The van der Waals surface area contributed by atoms with Crippen molar-refractivity contribution < 1.29 is 14.3 Å². The summed E-state index contributed by atoms with van der Waals surface area (Å²) in [4.78, 5) is 36.0. The van der Waals surface area contributed by atoms with Crippen molar-refractivity contribution in [3.8, 4) is 0 Å². The van der Waals surface area contributed by atoms with Crippen LogP contribution in [0, 0.1) is 0 Å². The molecule has 0 saturated carbocycles. The summed E-state index contributed by atoms with van der Waals surface area (Å²) in [7, 11) is 0. The molecule has 4 aromatic rings. The third-order valence-electron chi connectivity index (χ3n) is 5.94. The number of para-hydroxylation sites is 2. The number of unbranched alkanes of at least 4 members (excludes halogenated alkanes) is 3. The van der Waals surface area contributed by atoms with E-state index in [-0.39, 0.29) is 11.5 Å². The van der Waals surface area contributed by atoms with Gasteiger partial charge in [-0.3, -0.25) is 4.79 Å². The standard InChI is InChI=1S/C29H32N4O3/c1-3-5-12-20-36-29(35)25-26-28(31-23-16-11-10-15-22(23)30-26)33(19-6-4-2)27(25)32-24(34)18-17-21-13-8-7-9-14-21/h7-11,13-18H,3-6,12,19-20H2,1-2H3,(H,32,34). The Bertz CT molecular complexity index is 1380. The lowest BCUT2D eigenvalue weighted by Crippen LogP contribution is -2.17. The molecule has 0 spiro atoms. The van der Waals surface area contributed by atoms with E-state index < -0.39 is 5.97 Å². The van der Waals surface area contributed by atoms with Gasteiger partial charge in [-0.1, -0.05) is 75.6 Å². The van der Waals surface area contributed by atoms with Crippen LogP contribution >= 0.6 is 0 Å². The Morgan fingerprint density at radius 3 is 2.33 bits per heavy atom. The van der Waals surface area contributed by atoms with E-state index in [2.05, 4.69) is 19.2 Å². The zero-order valence-electron chi connectivity index (χ0n) is 20.9. The van der Waals surface area contributed by atoms with E-state index in [0.717, 1.165) is 43.2 Å². The van der Waals surface area contributed by atoms with Crippen molar-refractivity contribution in [3.63, 3.8) is 0 Å². The number of rotatable bonds is 11. The summed E-state index contributed by atoms with van der Waals surface area (Å²) in [5.41, 5.74) is 3.56. The molecule has 0 radical (unpaired) electrons. The summed E-state index contributed by atoms with van der Waals surface area (Å²) in [5.74, 6) is -0.473. The SMILES string of the molecule is CCCCCOC(=O)c1c(NC(=O)C=Cc2ccccc2)n(CCCC)c2nc3ccccc3nc12. The molecule has 2 aromatic heterocycles. The molecule has 186 valence electrons. The molecule has 0 aliphatic carbocycles. The topological polar surface area (TPSA) is 86.1 Å². The van der Waals surface area contributed by atoms with E-state index in [1.807, 2.05) is 59.2 Å². The smallest absolute Gasteiger partial charge is 0.344 e. The van der Waals surface area contributed by atoms with Gasteiger partial charge in [0.2, 0.25) is 5.91 Å². The maximum Gasteiger partial charge on any atom is 0.344 e. The zero-order chi connectivity index (χ0) is 25.3. The summed E-state index contributed by atoms with van der Waals surface area (Å²) in [6.45, 7) is 5.09. The van der Waals surface area contributed by atoms with E-state index in [9.17, 15) is 9.59 Å². The van der Waals surface area contributed by atoms with Crippen LogP contribution in [0.1, 0.15) is 61.9 Å². The molecule has 0 atom stereocenters. The van der Waals surface area contributed by atoms with E-state index in [4.69, 9.17) is 14.7 Å². The van der Waals surface area contributed by atoms with Crippen molar-refractivity contribution in [2.24, 2.45) is 0 Å². The van der Waals surface area contributed by atoms with Crippen LogP contribution in [0.25, 0.3) is 28.3 Å². The molecule has 0 bridgehead atoms. The summed E-state index contributed by atoms with van der Waals surface area (Å²) in [5, 5.41) is 2.94. The number of nitrogens with zero attached hydrogens (tertiary/aromatic N) is 3.